The van der Waals surface area contributed by atoms with Gasteiger partial charge in [-0.1, -0.05) is 19.9 Å². The molecule has 1 rings (SSSR count). The Bertz CT molecular complexity index is 109. The molecular formula is C7H16S2. The molecular weight excluding hydrogens is 148 g/mol. The predicted octanol–water partition coefficient (Wildman–Crippen LogP) is 2.47. The van der Waals surface area contributed by atoms with Crippen molar-refractivity contribution < 1.29 is 0 Å². The standard InChI is InChI=1S/C7H16S2/c1-3-8-6-5-7-9(8)4-2/h5-6,8-9H,3-4,7H2,1-2H3. The molecule has 1 aliphatic rings. The van der Waals surface area contributed by atoms with E-state index in [1.165, 1.54) is 17.3 Å². The SMILES string of the molecule is CC[SH]1C=CC[SH]1CC. The lowest BCUT2D eigenvalue weighted by atomic mass is 10.8. The van der Waals surface area contributed by atoms with Crippen molar-refractivity contribution in [3.05, 3.63) is 11.5 Å². The van der Waals surface area contributed by atoms with E-state index >= 15 is 0 Å². The maximum atomic E-state index is 2.48. The quantitative estimate of drug-likeness (QED) is 0.455. The minimum atomic E-state index is 0.378. The Morgan fingerprint density at radius 3 is 2.56 bits per heavy atom. The summed E-state index contributed by atoms with van der Waals surface area (Å²) in [4.78, 5) is 0. The molecule has 2 unspecified atom stereocenters. The minimum absolute atomic E-state index is 0.378. The zero-order chi connectivity index (χ0) is 6.69. The van der Waals surface area contributed by atoms with Gasteiger partial charge in [-0.15, -0.1) is 0 Å². The van der Waals surface area contributed by atoms with Crippen LogP contribution >= 0.6 is 19.9 Å². The molecule has 56 valence electrons. The highest BCUT2D eigenvalue weighted by Crippen LogP contribution is 2.58. The smallest absolute Gasteiger partial charge is 0.000782 e. The van der Waals surface area contributed by atoms with Gasteiger partial charge in [0.2, 0.25) is 0 Å². The number of hydrogen-bond acceptors (Lipinski definition) is 0. The molecule has 0 bridgehead atoms. The van der Waals surface area contributed by atoms with E-state index in [9.17, 15) is 0 Å². The summed E-state index contributed by atoms with van der Waals surface area (Å²) in [6.07, 6.45) is 2.39. The molecule has 0 saturated carbocycles. The van der Waals surface area contributed by atoms with Crippen molar-refractivity contribution in [3.8, 4) is 0 Å². The summed E-state index contributed by atoms with van der Waals surface area (Å²) in [5, 5.41) is 2.48. The number of thiol groups is 2. The van der Waals surface area contributed by atoms with E-state index in [-0.39, 0.29) is 0 Å². The van der Waals surface area contributed by atoms with Crippen molar-refractivity contribution in [3.63, 3.8) is 0 Å². The highest BCUT2D eigenvalue weighted by Gasteiger charge is 2.10. The van der Waals surface area contributed by atoms with Crippen LogP contribution in [0.3, 0.4) is 0 Å². The van der Waals surface area contributed by atoms with Gasteiger partial charge in [-0.2, -0.15) is 0 Å². The molecule has 0 N–H and O–H groups in total. The van der Waals surface area contributed by atoms with Crippen molar-refractivity contribution in [2.45, 2.75) is 13.8 Å². The first-order valence-electron chi connectivity index (χ1n) is 3.56. The van der Waals surface area contributed by atoms with E-state index in [1.807, 2.05) is 0 Å². The Morgan fingerprint density at radius 1 is 1.33 bits per heavy atom. The molecule has 1 heterocycles. The third kappa shape index (κ3) is 1.68. The predicted molar refractivity (Wildman–Crippen MR) is 53.1 cm³/mol. The minimum Gasteiger partial charge on any atom is -0.217 e. The van der Waals surface area contributed by atoms with Gasteiger partial charge in [-0.25, -0.2) is 19.9 Å². The van der Waals surface area contributed by atoms with E-state index in [0.29, 0.717) is 19.9 Å². The van der Waals surface area contributed by atoms with Crippen molar-refractivity contribution in [2.24, 2.45) is 0 Å². The van der Waals surface area contributed by atoms with Gasteiger partial charge in [0.05, 0.1) is 0 Å². The van der Waals surface area contributed by atoms with E-state index in [0.717, 1.165) is 0 Å². The lowest BCUT2D eigenvalue weighted by molar-refractivity contribution is 1.51. The van der Waals surface area contributed by atoms with Crippen LogP contribution in [0.5, 0.6) is 0 Å². The molecule has 2 heteroatoms. The fourth-order valence-corrected chi connectivity index (χ4v) is 7.65. The Morgan fingerprint density at radius 2 is 2.11 bits per heavy atom. The van der Waals surface area contributed by atoms with E-state index in [2.05, 4.69) is 25.3 Å². The molecule has 0 saturated heterocycles. The molecule has 9 heavy (non-hydrogen) atoms. The Balaban J connectivity index is 2.39. The fraction of sp³-hybridized carbons (Fsp3) is 0.714. The molecule has 0 fully saturated rings. The second-order valence-electron chi connectivity index (χ2n) is 2.15. The van der Waals surface area contributed by atoms with Crippen LogP contribution in [0.25, 0.3) is 0 Å². The summed E-state index contributed by atoms with van der Waals surface area (Å²) in [5.41, 5.74) is 0. The molecule has 0 aliphatic carbocycles. The van der Waals surface area contributed by atoms with Crippen LogP contribution in [0.2, 0.25) is 0 Å². The van der Waals surface area contributed by atoms with Gasteiger partial charge in [-0.3, -0.25) is 0 Å². The number of rotatable bonds is 2. The first kappa shape index (κ1) is 7.55. The summed E-state index contributed by atoms with van der Waals surface area (Å²) in [5.74, 6) is 4.29. The van der Waals surface area contributed by atoms with Gasteiger partial charge in [0, 0.05) is 5.75 Å². The maximum Gasteiger partial charge on any atom is 0.000782 e. The number of hydrogen-bond donors (Lipinski definition) is 2. The Hall–Kier alpha value is 0.440. The van der Waals surface area contributed by atoms with Gasteiger partial charge >= 0.3 is 0 Å². The monoisotopic (exact) mass is 164 g/mol. The Labute approximate surface area is 62.8 Å². The fourth-order valence-electron chi connectivity index (χ4n) is 1.11. The lowest BCUT2D eigenvalue weighted by Crippen LogP contribution is -1.84. The van der Waals surface area contributed by atoms with Gasteiger partial charge in [-0.05, 0) is 16.9 Å². The van der Waals surface area contributed by atoms with Crippen LogP contribution < -0.4 is 0 Å². The second-order valence-corrected chi connectivity index (χ2v) is 9.20. The van der Waals surface area contributed by atoms with Crippen LogP contribution in [0.4, 0.5) is 0 Å². The van der Waals surface area contributed by atoms with Crippen molar-refractivity contribution >= 4 is 19.9 Å². The van der Waals surface area contributed by atoms with Crippen LogP contribution in [-0.2, 0) is 0 Å². The van der Waals surface area contributed by atoms with Gasteiger partial charge in [0.1, 0.15) is 0 Å². The zero-order valence-corrected chi connectivity index (χ0v) is 7.96. The van der Waals surface area contributed by atoms with E-state index in [4.69, 9.17) is 0 Å². The summed E-state index contributed by atoms with van der Waals surface area (Å²) in [6, 6.07) is 0. The highest BCUT2D eigenvalue weighted by atomic mass is 33.2. The van der Waals surface area contributed by atoms with Gasteiger partial charge in [0.25, 0.3) is 0 Å². The average Bonchev–Trinajstić information content (AvgIpc) is 2.33. The molecule has 0 nitrogen and oxygen atoms in total. The third-order valence-electron chi connectivity index (χ3n) is 1.65. The first-order valence-corrected chi connectivity index (χ1v) is 7.58. The summed E-state index contributed by atoms with van der Waals surface area (Å²) < 4.78 is 0. The van der Waals surface area contributed by atoms with Crippen molar-refractivity contribution in [1.29, 1.82) is 0 Å². The largest absolute Gasteiger partial charge is 0.217 e. The van der Waals surface area contributed by atoms with Crippen LogP contribution in [0.15, 0.2) is 11.5 Å². The van der Waals surface area contributed by atoms with Crippen LogP contribution in [0, 0.1) is 0 Å². The molecule has 0 aromatic carbocycles. The van der Waals surface area contributed by atoms with E-state index in [1.54, 1.807) is 0 Å². The van der Waals surface area contributed by atoms with E-state index < -0.39 is 0 Å². The summed E-state index contributed by atoms with van der Waals surface area (Å²) in [6.45, 7) is 4.66. The third-order valence-corrected chi connectivity index (χ3v) is 9.70. The second kappa shape index (κ2) is 3.57. The molecule has 1 aliphatic heterocycles. The topological polar surface area (TPSA) is 0 Å². The molecule has 0 radical (unpaired) electrons. The first-order chi connectivity index (χ1) is 4.38. The van der Waals surface area contributed by atoms with Crippen LogP contribution in [0.1, 0.15) is 13.8 Å². The van der Waals surface area contributed by atoms with Crippen molar-refractivity contribution in [1.82, 2.24) is 0 Å². The van der Waals surface area contributed by atoms with Crippen LogP contribution in [-0.4, -0.2) is 17.3 Å². The lowest BCUT2D eigenvalue weighted by Gasteiger charge is -2.24. The van der Waals surface area contributed by atoms with Gasteiger partial charge < -0.3 is 0 Å². The highest BCUT2D eigenvalue weighted by molar-refractivity contribution is 8.94. The summed E-state index contributed by atoms with van der Waals surface area (Å²) in [7, 11) is 0.825. The molecule has 0 spiro atoms. The normalized spacial score (nSPS) is 41.6. The zero-order valence-electron chi connectivity index (χ0n) is 6.17. The summed E-state index contributed by atoms with van der Waals surface area (Å²) >= 11 is 0. The molecule has 0 aromatic rings. The molecule has 2 atom stereocenters. The maximum absolute atomic E-state index is 2.48. The molecule has 0 aromatic heterocycles. The van der Waals surface area contributed by atoms with Crippen molar-refractivity contribution in [2.75, 3.05) is 17.3 Å². The molecule has 0 amide bonds. The average molecular weight is 164 g/mol. The van der Waals surface area contributed by atoms with Gasteiger partial charge in [0.15, 0.2) is 0 Å². The Kier molecular flexibility index (Phi) is 2.99.